The lowest BCUT2D eigenvalue weighted by Crippen LogP contribution is -2.14. The van der Waals surface area contributed by atoms with Crippen LogP contribution in [0.3, 0.4) is 0 Å². The van der Waals surface area contributed by atoms with E-state index in [0.717, 1.165) is 0 Å². The quantitative estimate of drug-likeness (QED) is 0.856. The summed E-state index contributed by atoms with van der Waals surface area (Å²) in [5.74, 6) is -0.275. The van der Waals surface area contributed by atoms with Gasteiger partial charge in [0.25, 0.3) is 0 Å². The van der Waals surface area contributed by atoms with Crippen molar-refractivity contribution >= 4 is 33.2 Å². The molecular weight excluding hydrogens is 233 g/mol. The highest BCUT2D eigenvalue weighted by molar-refractivity contribution is 7.88. The summed E-state index contributed by atoms with van der Waals surface area (Å²) in [7, 11) is -3.54. The standard InChI is InChI=1S/C7H7Cl2NO2S/c8-6-2-1-5(7(9)3-6)4-13(10,11)12/h1-3H,4H2,(H2,10,11,12). The van der Waals surface area contributed by atoms with E-state index in [2.05, 4.69) is 0 Å². The zero-order valence-corrected chi connectivity index (χ0v) is 8.83. The van der Waals surface area contributed by atoms with Gasteiger partial charge in [0.1, 0.15) is 0 Å². The van der Waals surface area contributed by atoms with Gasteiger partial charge in [-0.3, -0.25) is 0 Å². The van der Waals surface area contributed by atoms with Gasteiger partial charge in [0.15, 0.2) is 0 Å². The molecule has 13 heavy (non-hydrogen) atoms. The molecule has 0 fully saturated rings. The summed E-state index contributed by atoms with van der Waals surface area (Å²) in [5, 5.41) is 5.62. The fourth-order valence-electron chi connectivity index (χ4n) is 0.855. The average Bonchev–Trinajstić information content (AvgIpc) is 1.93. The highest BCUT2D eigenvalue weighted by atomic mass is 35.5. The third kappa shape index (κ3) is 3.52. The van der Waals surface area contributed by atoms with Gasteiger partial charge in [-0.25, -0.2) is 13.6 Å². The zero-order chi connectivity index (χ0) is 10.1. The van der Waals surface area contributed by atoms with E-state index in [1.54, 1.807) is 6.07 Å². The Bertz CT molecular complexity index is 417. The lowest BCUT2D eigenvalue weighted by Gasteiger charge is -2.02. The summed E-state index contributed by atoms with van der Waals surface area (Å²) in [5.41, 5.74) is 0.452. The topological polar surface area (TPSA) is 60.2 Å². The summed E-state index contributed by atoms with van der Waals surface area (Å²) in [4.78, 5) is 0. The number of hydrogen-bond donors (Lipinski definition) is 1. The number of nitrogens with two attached hydrogens (primary N) is 1. The van der Waals surface area contributed by atoms with Gasteiger partial charge in [0.2, 0.25) is 10.0 Å². The minimum atomic E-state index is -3.54. The van der Waals surface area contributed by atoms with Crippen molar-refractivity contribution in [3.05, 3.63) is 33.8 Å². The van der Waals surface area contributed by atoms with Gasteiger partial charge in [0, 0.05) is 10.0 Å². The molecule has 0 aliphatic rings. The van der Waals surface area contributed by atoms with Crippen LogP contribution in [0.2, 0.25) is 10.0 Å². The lowest BCUT2D eigenvalue weighted by atomic mass is 10.2. The monoisotopic (exact) mass is 239 g/mol. The first kappa shape index (κ1) is 10.8. The molecule has 0 saturated carbocycles. The second-order valence-corrected chi connectivity index (χ2v) is 5.00. The number of hydrogen-bond acceptors (Lipinski definition) is 2. The van der Waals surface area contributed by atoms with E-state index < -0.39 is 10.0 Å². The van der Waals surface area contributed by atoms with Crippen molar-refractivity contribution in [1.29, 1.82) is 0 Å². The molecule has 1 aromatic carbocycles. The van der Waals surface area contributed by atoms with Crippen LogP contribution in [0.25, 0.3) is 0 Å². The van der Waals surface area contributed by atoms with Crippen LogP contribution >= 0.6 is 23.2 Å². The number of primary sulfonamides is 1. The SMILES string of the molecule is NS(=O)(=O)Cc1ccc(Cl)cc1Cl. The molecule has 0 heterocycles. The Kier molecular flexibility index (Phi) is 3.18. The molecule has 0 spiro atoms. The van der Waals surface area contributed by atoms with E-state index in [4.69, 9.17) is 28.3 Å². The third-order valence-corrected chi connectivity index (χ3v) is 2.67. The maximum absolute atomic E-state index is 10.7. The Morgan fingerprint density at radius 2 is 1.92 bits per heavy atom. The van der Waals surface area contributed by atoms with Gasteiger partial charge in [-0.2, -0.15) is 0 Å². The summed E-state index contributed by atoms with van der Waals surface area (Å²) in [6.45, 7) is 0. The molecule has 0 bridgehead atoms. The van der Waals surface area contributed by atoms with Crippen molar-refractivity contribution in [2.45, 2.75) is 5.75 Å². The molecule has 0 amide bonds. The Hall–Kier alpha value is -0.290. The molecule has 0 aromatic heterocycles. The van der Waals surface area contributed by atoms with Crippen LogP contribution < -0.4 is 5.14 Å². The van der Waals surface area contributed by atoms with Crippen LogP contribution in [-0.2, 0) is 15.8 Å². The van der Waals surface area contributed by atoms with E-state index >= 15 is 0 Å². The minimum absolute atomic E-state index is 0.275. The van der Waals surface area contributed by atoms with E-state index in [1.807, 2.05) is 0 Å². The fourth-order valence-corrected chi connectivity index (χ4v) is 2.10. The first-order valence-electron chi connectivity index (χ1n) is 3.33. The maximum atomic E-state index is 10.7. The molecule has 1 aromatic rings. The molecule has 0 saturated heterocycles. The lowest BCUT2D eigenvalue weighted by molar-refractivity contribution is 0.597. The zero-order valence-electron chi connectivity index (χ0n) is 6.50. The average molecular weight is 240 g/mol. The van der Waals surface area contributed by atoms with Crippen molar-refractivity contribution in [1.82, 2.24) is 0 Å². The summed E-state index contributed by atoms with van der Waals surface area (Å²) in [6.07, 6.45) is 0. The Morgan fingerprint density at radius 3 is 2.38 bits per heavy atom. The number of rotatable bonds is 2. The van der Waals surface area contributed by atoms with Crippen LogP contribution in [0, 0.1) is 0 Å². The van der Waals surface area contributed by atoms with E-state index in [0.29, 0.717) is 15.6 Å². The summed E-state index contributed by atoms with van der Waals surface area (Å²) >= 11 is 11.4. The third-order valence-electron chi connectivity index (χ3n) is 1.37. The Labute approximate surface area is 86.5 Å². The van der Waals surface area contributed by atoms with Crippen LogP contribution in [0.4, 0.5) is 0 Å². The molecule has 0 aliphatic heterocycles. The summed E-state index contributed by atoms with van der Waals surface area (Å²) < 4.78 is 21.4. The molecule has 0 aliphatic carbocycles. The van der Waals surface area contributed by atoms with Crippen LogP contribution in [0.15, 0.2) is 18.2 Å². The molecular formula is C7H7Cl2NO2S. The van der Waals surface area contributed by atoms with Crippen molar-refractivity contribution in [3.63, 3.8) is 0 Å². The molecule has 1 rings (SSSR count). The first-order valence-corrected chi connectivity index (χ1v) is 5.80. The smallest absolute Gasteiger partial charge is 0.213 e. The van der Waals surface area contributed by atoms with Gasteiger partial charge in [-0.1, -0.05) is 29.3 Å². The van der Waals surface area contributed by atoms with Crippen molar-refractivity contribution < 1.29 is 8.42 Å². The highest BCUT2D eigenvalue weighted by Crippen LogP contribution is 2.21. The molecule has 0 atom stereocenters. The fraction of sp³-hybridized carbons (Fsp3) is 0.143. The van der Waals surface area contributed by atoms with Crippen LogP contribution in [0.1, 0.15) is 5.56 Å². The molecule has 0 unspecified atom stereocenters. The molecule has 3 nitrogen and oxygen atoms in total. The highest BCUT2D eigenvalue weighted by Gasteiger charge is 2.08. The van der Waals surface area contributed by atoms with Crippen LogP contribution in [0.5, 0.6) is 0 Å². The van der Waals surface area contributed by atoms with E-state index in [-0.39, 0.29) is 5.75 Å². The Balaban J connectivity index is 3.04. The predicted octanol–water partition coefficient (Wildman–Crippen LogP) is 1.78. The van der Waals surface area contributed by atoms with Crippen molar-refractivity contribution in [2.75, 3.05) is 0 Å². The second kappa shape index (κ2) is 3.84. The van der Waals surface area contributed by atoms with Crippen molar-refractivity contribution in [3.8, 4) is 0 Å². The van der Waals surface area contributed by atoms with Gasteiger partial charge in [0.05, 0.1) is 5.75 Å². The first-order chi connectivity index (χ1) is 5.88. The van der Waals surface area contributed by atoms with Gasteiger partial charge < -0.3 is 0 Å². The minimum Gasteiger partial charge on any atom is -0.228 e. The van der Waals surface area contributed by atoms with E-state index in [9.17, 15) is 8.42 Å². The molecule has 0 radical (unpaired) electrons. The van der Waals surface area contributed by atoms with E-state index in [1.165, 1.54) is 12.1 Å². The van der Waals surface area contributed by atoms with Crippen LogP contribution in [-0.4, -0.2) is 8.42 Å². The molecule has 6 heteroatoms. The Morgan fingerprint density at radius 1 is 1.31 bits per heavy atom. The second-order valence-electron chi connectivity index (χ2n) is 2.54. The maximum Gasteiger partial charge on any atom is 0.213 e. The number of sulfonamides is 1. The van der Waals surface area contributed by atoms with Crippen molar-refractivity contribution in [2.24, 2.45) is 5.14 Å². The largest absolute Gasteiger partial charge is 0.228 e. The molecule has 2 N–H and O–H groups in total. The van der Waals surface area contributed by atoms with Gasteiger partial charge >= 0.3 is 0 Å². The molecule has 72 valence electrons. The normalized spacial score (nSPS) is 11.6. The predicted molar refractivity (Wildman–Crippen MR) is 53.3 cm³/mol. The van der Waals surface area contributed by atoms with Gasteiger partial charge in [-0.15, -0.1) is 0 Å². The van der Waals surface area contributed by atoms with Gasteiger partial charge in [-0.05, 0) is 17.7 Å². The summed E-state index contributed by atoms with van der Waals surface area (Å²) in [6, 6.07) is 4.58. The number of benzene rings is 1. The number of halogens is 2.